The van der Waals surface area contributed by atoms with Gasteiger partial charge in [-0.3, -0.25) is 9.59 Å². The van der Waals surface area contributed by atoms with Gasteiger partial charge in [-0.25, -0.2) is 0 Å². The van der Waals surface area contributed by atoms with Gasteiger partial charge in [0.15, 0.2) is 0 Å². The second-order valence-corrected chi connectivity index (χ2v) is 4.51. The van der Waals surface area contributed by atoms with Gasteiger partial charge < -0.3 is 11.1 Å². The van der Waals surface area contributed by atoms with Crippen molar-refractivity contribution in [2.75, 3.05) is 0 Å². The minimum atomic E-state index is -0.702. The van der Waals surface area contributed by atoms with Crippen LogP contribution < -0.4 is 11.1 Å². The lowest BCUT2D eigenvalue weighted by molar-refractivity contribution is -0.119. The molecule has 102 valence electrons. The van der Waals surface area contributed by atoms with E-state index in [2.05, 4.69) is 5.32 Å². The van der Waals surface area contributed by atoms with Crippen molar-refractivity contribution in [1.29, 1.82) is 0 Å². The summed E-state index contributed by atoms with van der Waals surface area (Å²) in [6, 6.07) is 16.2. The molecule has 2 aromatic rings. The summed E-state index contributed by atoms with van der Waals surface area (Å²) >= 11 is 0. The summed E-state index contributed by atoms with van der Waals surface area (Å²) in [6.45, 7) is 1.56. The molecule has 2 amide bonds. The van der Waals surface area contributed by atoms with E-state index in [1.165, 1.54) is 0 Å². The van der Waals surface area contributed by atoms with Crippen LogP contribution in [0.1, 0.15) is 17.3 Å². The summed E-state index contributed by atoms with van der Waals surface area (Å²) in [7, 11) is 0. The van der Waals surface area contributed by atoms with Crippen LogP contribution in [0.25, 0.3) is 11.1 Å². The first-order chi connectivity index (χ1) is 9.59. The Labute approximate surface area is 117 Å². The first-order valence-electron chi connectivity index (χ1n) is 6.34. The molecule has 4 heteroatoms. The maximum Gasteiger partial charge on any atom is 0.252 e. The van der Waals surface area contributed by atoms with Crippen molar-refractivity contribution in [2.45, 2.75) is 13.0 Å². The molecule has 0 unspecified atom stereocenters. The van der Waals surface area contributed by atoms with Crippen LogP contribution in [-0.2, 0) is 4.79 Å². The van der Waals surface area contributed by atoms with Crippen LogP contribution in [0.2, 0.25) is 0 Å². The van der Waals surface area contributed by atoms with E-state index in [-0.39, 0.29) is 5.91 Å². The Morgan fingerprint density at radius 1 is 1.00 bits per heavy atom. The molecule has 20 heavy (non-hydrogen) atoms. The lowest BCUT2D eigenvalue weighted by atomic mass is 9.99. The number of nitrogens with two attached hydrogens (primary N) is 1. The standard InChI is InChI=1S/C16H16N2O2/c1-11(15(17)19)18-16(20)14-10-6-5-9-13(14)12-7-3-2-4-8-12/h2-11H,1H3,(H2,17,19)(H,18,20)/t11-/m0/s1. The van der Waals surface area contributed by atoms with Crippen molar-refractivity contribution in [3.05, 3.63) is 60.2 Å². The maximum atomic E-state index is 12.2. The fraction of sp³-hybridized carbons (Fsp3) is 0.125. The zero-order valence-corrected chi connectivity index (χ0v) is 11.2. The number of rotatable bonds is 4. The number of primary amides is 1. The molecular weight excluding hydrogens is 252 g/mol. The van der Waals surface area contributed by atoms with Gasteiger partial charge in [-0.05, 0) is 24.1 Å². The van der Waals surface area contributed by atoms with Crippen molar-refractivity contribution in [2.24, 2.45) is 5.73 Å². The van der Waals surface area contributed by atoms with Crippen molar-refractivity contribution in [1.82, 2.24) is 5.32 Å². The maximum absolute atomic E-state index is 12.2. The Balaban J connectivity index is 2.33. The third-order valence-electron chi connectivity index (χ3n) is 3.03. The second kappa shape index (κ2) is 6.02. The number of benzene rings is 2. The van der Waals surface area contributed by atoms with Crippen molar-refractivity contribution in [3.8, 4) is 11.1 Å². The quantitative estimate of drug-likeness (QED) is 0.889. The van der Waals surface area contributed by atoms with E-state index in [9.17, 15) is 9.59 Å². The van der Waals surface area contributed by atoms with Gasteiger partial charge in [-0.1, -0.05) is 48.5 Å². The highest BCUT2D eigenvalue weighted by molar-refractivity contribution is 6.02. The smallest absolute Gasteiger partial charge is 0.252 e. The summed E-state index contributed by atoms with van der Waals surface area (Å²) in [5, 5.41) is 2.59. The van der Waals surface area contributed by atoms with Crippen LogP contribution in [0.4, 0.5) is 0 Å². The molecular formula is C16H16N2O2. The van der Waals surface area contributed by atoms with Gasteiger partial charge in [0.2, 0.25) is 5.91 Å². The summed E-state index contributed by atoms with van der Waals surface area (Å²) in [5.74, 6) is -0.869. The fourth-order valence-electron chi connectivity index (χ4n) is 1.90. The van der Waals surface area contributed by atoms with E-state index >= 15 is 0 Å². The average molecular weight is 268 g/mol. The third-order valence-corrected chi connectivity index (χ3v) is 3.03. The van der Waals surface area contributed by atoms with Crippen LogP contribution in [0.3, 0.4) is 0 Å². The summed E-state index contributed by atoms with van der Waals surface area (Å²) < 4.78 is 0. The van der Waals surface area contributed by atoms with Crippen LogP contribution >= 0.6 is 0 Å². The van der Waals surface area contributed by atoms with Crippen molar-refractivity contribution < 1.29 is 9.59 Å². The average Bonchev–Trinajstić information content (AvgIpc) is 2.48. The van der Waals surface area contributed by atoms with Crippen molar-refractivity contribution >= 4 is 11.8 Å². The highest BCUT2D eigenvalue weighted by atomic mass is 16.2. The molecule has 0 aliphatic heterocycles. The Morgan fingerprint density at radius 3 is 2.25 bits per heavy atom. The van der Waals surface area contributed by atoms with E-state index in [1.807, 2.05) is 42.5 Å². The fourth-order valence-corrected chi connectivity index (χ4v) is 1.90. The van der Waals surface area contributed by atoms with Gasteiger partial charge in [-0.2, -0.15) is 0 Å². The summed E-state index contributed by atoms with van der Waals surface area (Å²) in [5.41, 5.74) is 7.45. The molecule has 1 atom stereocenters. The highest BCUT2D eigenvalue weighted by Crippen LogP contribution is 2.23. The predicted octanol–water partition coefficient (Wildman–Crippen LogP) is 1.96. The highest BCUT2D eigenvalue weighted by Gasteiger charge is 2.16. The van der Waals surface area contributed by atoms with E-state index in [0.717, 1.165) is 11.1 Å². The Kier molecular flexibility index (Phi) is 4.15. The number of nitrogens with one attached hydrogen (secondary N) is 1. The van der Waals surface area contributed by atoms with Crippen LogP contribution in [-0.4, -0.2) is 17.9 Å². The third kappa shape index (κ3) is 3.03. The van der Waals surface area contributed by atoms with Gasteiger partial charge in [0, 0.05) is 5.56 Å². The summed E-state index contributed by atoms with van der Waals surface area (Å²) in [4.78, 5) is 23.3. The molecule has 0 heterocycles. The molecule has 0 aromatic heterocycles. The number of hydrogen-bond acceptors (Lipinski definition) is 2. The largest absolute Gasteiger partial charge is 0.368 e. The minimum absolute atomic E-state index is 0.309. The Hall–Kier alpha value is -2.62. The SMILES string of the molecule is C[C@H](NC(=O)c1ccccc1-c1ccccc1)C(N)=O. The topological polar surface area (TPSA) is 72.2 Å². The van der Waals surface area contributed by atoms with E-state index in [1.54, 1.807) is 19.1 Å². The van der Waals surface area contributed by atoms with Crippen LogP contribution in [0.5, 0.6) is 0 Å². The minimum Gasteiger partial charge on any atom is -0.368 e. The molecule has 0 spiro atoms. The van der Waals surface area contributed by atoms with Crippen molar-refractivity contribution in [3.63, 3.8) is 0 Å². The lowest BCUT2D eigenvalue weighted by Gasteiger charge is -2.13. The number of carbonyl (C=O) groups is 2. The first kappa shape index (κ1) is 13.8. The molecule has 0 radical (unpaired) electrons. The molecule has 0 saturated carbocycles. The zero-order chi connectivity index (χ0) is 14.5. The zero-order valence-electron chi connectivity index (χ0n) is 11.2. The van der Waals surface area contributed by atoms with Crippen LogP contribution in [0.15, 0.2) is 54.6 Å². The van der Waals surface area contributed by atoms with Gasteiger partial charge in [0.1, 0.15) is 6.04 Å². The Bertz CT molecular complexity index is 623. The van der Waals surface area contributed by atoms with E-state index in [0.29, 0.717) is 5.56 Å². The summed E-state index contributed by atoms with van der Waals surface area (Å²) in [6.07, 6.45) is 0. The molecule has 2 aromatic carbocycles. The van der Waals surface area contributed by atoms with Gasteiger partial charge in [0.25, 0.3) is 5.91 Å². The normalized spacial score (nSPS) is 11.7. The van der Waals surface area contributed by atoms with Crippen LogP contribution in [0, 0.1) is 0 Å². The molecule has 4 nitrogen and oxygen atoms in total. The number of carbonyl (C=O) groups excluding carboxylic acids is 2. The Morgan fingerprint density at radius 2 is 1.60 bits per heavy atom. The molecule has 0 fully saturated rings. The first-order valence-corrected chi connectivity index (χ1v) is 6.34. The predicted molar refractivity (Wildman–Crippen MR) is 78.0 cm³/mol. The van der Waals surface area contributed by atoms with Gasteiger partial charge >= 0.3 is 0 Å². The molecule has 2 rings (SSSR count). The molecule has 0 aliphatic carbocycles. The van der Waals surface area contributed by atoms with Gasteiger partial charge in [-0.15, -0.1) is 0 Å². The molecule has 3 N–H and O–H groups in total. The van der Waals surface area contributed by atoms with Gasteiger partial charge in [0.05, 0.1) is 0 Å². The monoisotopic (exact) mass is 268 g/mol. The molecule has 0 aliphatic rings. The number of amides is 2. The van der Waals surface area contributed by atoms with E-state index in [4.69, 9.17) is 5.73 Å². The second-order valence-electron chi connectivity index (χ2n) is 4.51. The number of hydrogen-bond donors (Lipinski definition) is 2. The van der Waals surface area contributed by atoms with E-state index < -0.39 is 11.9 Å². The molecule has 0 bridgehead atoms. The molecule has 0 saturated heterocycles. The lowest BCUT2D eigenvalue weighted by Crippen LogP contribution is -2.42.